The van der Waals surface area contributed by atoms with E-state index in [1.807, 2.05) is 0 Å². The van der Waals surface area contributed by atoms with E-state index in [9.17, 15) is 0 Å². The van der Waals surface area contributed by atoms with Gasteiger partial charge < -0.3 is 10.2 Å². The highest BCUT2D eigenvalue weighted by Crippen LogP contribution is 2.38. The largest absolute Gasteiger partial charge is 0.374 e. The maximum atomic E-state index is 4.22. The molecule has 17 heavy (non-hydrogen) atoms. The van der Waals surface area contributed by atoms with Crippen LogP contribution in [0.2, 0.25) is 0 Å². The van der Waals surface area contributed by atoms with Crippen LogP contribution in [0, 0.1) is 11.8 Å². The predicted octanol–water partition coefficient (Wildman–Crippen LogP) is 2.45. The molecule has 5 heteroatoms. The zero-order valence-electron chi connectivity index (χ0n) is 10.9. The van der Waals surface area contributed by atoms with Crippen LogP contribution in [-0.4, -0.2) is 34.6 Å². The summed E-state index contributed by atoms with van der Waals surface area (Å²) < 4.78 is 4.04. The third-order valence-corrected chi connectivity index (χ3v) is 4.06. The van der Waals surface area contributed by atoms with Crippen LogP contribution in [0.15, 0.2) is 0 Å². The Bertz CT molecular complexity index is 352. The molecule has 0 bridgehead atoms. The van der Waals surface area contributed by atoms with Crippen molar-refractivity contribution in [2.24, 2.45) is 11.8 Å². The van der Waals surface area contributed by atoms with Crippen molar-refractivity contribution in [3.63, 3.8) is 0 Å². The molecule has 1 aliphatic rings. The van der Waals surface area contributed by atoms with E-state index in [1.54, 1.807) is 0 Å². The topological polar surface area (TPSA) is 41.1 Å². The molecule has 0 spiro atoms. The lowest BCUT2D eigenvalue weighted by atomic mass is 10.3. The lowest BCUT2D eigenvalue weighted by Gasteiger charge is -2.15. The normalized spacial score (nSPS) is 23.1. The van der Waals surface area contributed by atoms with Gasteiger partial charge in [0.05, 0.1) is 0 Å². The van der Waals surface area contributed by atoms with Gasteiger partial charge in [-0.3, -0.25) is 0 Å². The molecule has 1 N–H and O–H groups in total. The Balaban J connectivity index is 1.82. The van der Waals surface area contributed by atoms with Gasteiger partial charge in [-0.25, -0.2) is 0 Å². The van der Waals surface area contributed by atoms with Crippen LogP contribution in [-0.2, 0) is 6.54 Å². The van der Waals surface area contributed by atoms with Gasteiger partial charge in [0.25, 0.3) is 0 Å². The molecule has 0 saturated heterocycles. The van der Waals surface area contributed by atoms with E-state index in [2.05, 4.69) is 40.7 Å². The summed E-state index contributed by atoms with van der Waals surface area (Å²) in [5.74, 6) is 1.82. The van der Waals surface area contributed by atoms with Crippen LogP contribution in [0.4, 0.5) is 5.00 Å². The summed E-state index contributed by atoms with van der Waals surface area (Å²) in [5, 5.41) is 8.75. The summed E-state index contributed by atoms with van der Waals surface area (Å²) in [6, 6.07) is 0. The summed E-state index contributed by atoms with van der Waals surface area (Å²) in [7, 11) is 2.17. The summed E-state index contributed by atoms with van der Waals surface area (Å²) in [5.41, 5.74) is 1.10. The van der Waals surface area contributed by atoms with Crippen LogP contribution in [0.1, 0.15) is 32.4 Å². The van der Waals surface area contributed by atoms with Crippen LogP contribution in [0.5, 0.6) is 0 Å². The Hall–Kier alpha value is -0.680. The summed E-state index contributed by atoms with van der Waals surface area (Å²) in [4.78, 5) is 2.36. The molecule has 1 heterocycles. The van der Waals surface area contributed by atoms with Crippen molar-refractivity contribution in [2.45, 2.75) is 33.2 Å². The molecular formula is C12H22N4S. The highest BCUT2D eigenvalue weighted by atomic mass is 32.1. The molecule has 1 aromatic rings. The monoisotopic (exact) mass is 254 g/mol. The molecule has 0 aliphatic heterocycles. The average Bonchev–Trinajstić information content (AvgIpc) is 2.80. The van der Waals surface area contributed by atoms with E-state index in [1.165, 1.54) is 24.5 Å². The average molecular weight is 254 g/mol. The number of rotatable bonds is 7. The minimum atomic E-state index is 0.902. The molecule has 1 aliphatic carbocycles. The molecule has 0 radical (unpaired) electrons. The molecule has 4 nitrogen and oxygen atoms in total. The third-order valence-electron chi connectivity index (χ3n) is 3.33. The maximum absolute atomic E-state index is 4.22. The number of aromatic nitrogens is 2. The number of nitrogens with one attached hydrogen (secondary N) is 1. The van der Waals surface area contributed by atoms with E-state index in [0.717, 1.165) is 42.0 Å². The first-order chi connectivity index (χ1) is 8.20. The molecule has 1 saturated carbocycles. The Morgan fingerprint density at radius 3 is 2.94 bits per heavy atom. The fourth-order valence-corrected chi connectivity index (χ4v) is 2.66. The molecule has 1 fully saturated rings. The highest BCUT2D eigenvalue weighted by Gasteiger charge is 2.33. The Morgan fingerprint density at radius 2 is 2.29 bits per heavy atom. The van der Waals surface area contributed by atoms with Crippen molar-refractivity contribution in [3.8, 4) is 0 Å². The molecule has 0 aromatic carbocycles. The zero-order valence-corrected chi connectivity index (χ0v) is 11.8. The number of hydrogen-bond donors (Lipinski definition) is 1. The maximum Gasteiger partial charge on any atom is 0.134 e. The minimum Gasteiger partial charge on any atom is -0.374 e. The predicted molar refractivity (Wildman–Crippen MR) is 72.3 cm³/mol. The quantitative estimate of drug-likeness (QED) is 0.811. The molecular weight excluding hydrogens is 232 g/mol. The molecule has 2 unspecified atom stereocenters. The van der Waals surface area contributed by atoms with Crippen molar-refractivity contribution in [1.29, 1.82) is 0 Å². The van der Waals surface area contributed by atoms with Gasteiger partial charge in [-0.15, -0.1) is 5.10 Å². The minimum absolute atomic E-state index is 0.902. The van der Waals surface area contributed by atoms with Gasteiger partial charge in [0.15, 0.2) is 0 Å². The first kappa shape index (κ1) is 12.8. The molecule has 0 amide bonds. The second kappa shape index (κ2) is 5.78. The standard InChI is InChI=1S/C12H22N4S/c1-4-5-13-12-11(14-15-17-12)8-16(3)7-10-6-9(10)2/h9-10,13H,4-8H2,1-3H3. The van der Waals surface area contributed by atoms with E-state index in [4.69, 9.17) is 0 Å². The summed E-state index contributed by atoms with van der Waals surface area (Å²) in [6.07, 6.45) is 2.52. The van der Waals surface area contributed by atoms with Crippen molar-refractivity contribution in [1.82, 2.24) is 14.5 Å². The number of anilines is 1. The van der Waals surface area contributed by atoms with Gasteiger partial charge in [0.2, 0.25) is 0 Å². The van der Waals surface area contributed by atoms with Gasteiger partial charge in [-0.1, -0.05) is 18.3 Å². The van der Waals surface area contributed by atoms with Gasteiger partial charge in [0, 0.05) is 31.2 Å². The lowest BCUT2D eigenvalue weighted by Crippen LogP contribution is -2.21. The third kappa shape index (κ3) is 3.64. The molecule has 1 aromatic heterocycles. The molecule has 2 atom stereocenters. The van der Waals surface area contributed by atoms with E-state index < -0.39 is 0 Å². The number of hydrogen-bond acceptors (Lipinski definition) is 5. The van der Waals surface area contributed by atoms with E-state index in [0.29, 0.717) is 0 Å². The zero-order chi connectivity index (χ0) is 12.3. The highest BCUT2D eigenvalue weighted by molar-refractivity contribution is 7.10. The van der Waals surface area contributed by atoms with E-state index in [-0.39, 0.29) is 0 Å². The second-order valence-electron chi connectivity index (χ2n) is 5.15. The van der Waals surface area contributed by atoms with Crippen molar-refractivity contribution in [2.75, 3.05) is 25.5 Å². The SMILES string of the molecule is CCCNc1snnc1CN(C)CC1CC1C. The second-order valence-corrected chi connectivity index (χ2v) is 5.90. The smallest absolute Gasteiger partial charge is 0.134 e. The van der Waals surface area contributed by atoms with Gasteiger partial charge >= 0.3 is 0 Å². The Labute approximate surface area is 108 Å². The first-order valence-electron chi connectivity index (χ1n) is 6.44. The Morgan fingerprint density at radius 1 is 1.53 bits per heavy atom. The van der Waals surface area contributed by atoms with Crippen LogP contribution >= 0.6 is 11.5 Å². The number of nitrogens with zero attached hydrogens (tertiary/aromatic N) is 3. The fraction of sp³-hybridized carbons (Fsp3) is 0.833. The van der Waals surface area contributed by atoms with Gasteiger partial charge in [-0.05, 0) is 31.7 Å². The first-order valence-corrected chi connectivity index (χ1v) is 7.21. The van der Waals surface area contributed by atoms with Crippen molar-refractivity contribution in [3.05, 3.63) is 5.69 Å². The van der Waals surface area contributed by atoms with Crippen molar-refractivity contribution >= 4 is 16.5 Å². The van der Waals surface area contributed by atoms with Crippen LogP contribution < -0.4 is 5.32 Å². The Kier molecular flexibility index (Phi) is 4.34. The lowest BCUT2D eigenvalue weighted by molar-refractivity contribution is 0.304. The molecule has 96 valence electrons. The van der Waals surface area contributed by atoms with Crippen molar-refractivity contribution < 1.29 is 0 Å². The molecule has 2 rings (SSSR count). The van der Waals surface area contributed by atoms with Crippen LogP contribution in [0.25, 0.3) is 0 Å². The summed E-state index contributed by atoms with van der Waals surface area (Å²) in [6.45, 7) is 7.59. The fourth-order valence-electron chi connectivity index (χ4n) is 2.06. The van der Waals surface area contributed by atoms with Crippen LogP contribution in [0.3, 0.4) is 0 Å². The van der Waals surface area contributed by atoms with Gasteiger partial charge in [-0.2, -0.15) is 0 Å². The van der Waals surface area contributed by atoms with E-state index >= 15 is 0 Å². The van der Waals surface area contributed by atoms with Gasteiger partial charge in [0.1, 0.15) is 10.7 Å². The summed E-state index contributed by atoms with van der Waals surface area (Å²) >= 11 is 1.47.